The molecule has 832 valence electrons. The van der Waals surface area contributed by atoms with E-state index in [0.717, 1.165) is 144 Å². The van der Waals surface area contributed by atoms with Crippen LogP contribution in [0, 0.1) is 81.8 Å². The Balaban J connectivity index is 0. The molecule has 0 bridgehead atoms. The van der Waals surface area contributed by atoms with Crippen molar-refractivity contribution in [3.05, 3.63) is 238 Å². The number of ether oxygens (including phenoxy) is 10. The molecule has 8 rings (SSSR count). The number of hydrogen-bond donors (Lipinski definition) is 6. The number of amides is 1. The minimum atomic E-state index is -0.957. The number of pyridine rings is 1. The lowest BCUT2D eigenvalue weighted by Crippen LogP contribution is -2.26. The summed E-state index contributed by atoms with van der Waals surface area (Å²) < 4.78 is 52.3. The summed E-state index contributed by atoms with van der Waals surface area (Å²) in [4.78, 5) is 88.5. The third-order valence-electron chi connectivity index (χ3n) is 20.5. The molecule has 0 saturated carbocycles. The maximum Gasteiger partial charge on any atom is 0.406 e. The zero-order valence-electron chi connectivity index (χ0n) is 94.4. The van der Waals surface area contributed by atoms with Gasteiger partial charge in [-0.25, -0.2) is 19.4 Å². The average Bonchev–Trinajstić information content (AvgIpc) is 0.870. The number of alkyl carbamates (subject to hydrolysis) is 1. The normalized spacial score (nSPS) is 10.3. The van der Waals surface area contributed by atoms with E-state index in [-0.39, 0.29) is 56.0 Å². The van der Waals surface area contributed by atoms with Crippen molar-refractivity contribution >= 4 is 47.9 Å². The van der Waals surface area contributed by atoms with Crippen molar-refractivity contribution in [2.45, 2.75) is 306 Å². The van der Waals surface area contributed by atoms with Crippen molar-refractivity contribution in [3.63, 3.8) is 0 Å². The average molecular weight is 2080 g/mol. The Hall–Kier alpha value is -13.2. The lowest BCUT2D eigenvalue weighted by molar-refractivity contribution is -0.141. The van der Waals surface area contributed by atoms with Gasteiger partial charge >= 0.3 is 47.9 Å². The van der Waals surface area contributed by atoms with Gasteiger partial charge in [0.2, 0.25) is 0 Å². The fourth-order valence-electron chi connectivity index (χ4n) is 13.3. The number of hydrogen-bond acceptors (Lipinski definition) is 21. The van der Waals surface area contributed by atoms with Crippen molar-refractivity contribution in [2.75, 3.05) is 67.5 Å². The second-order valence-electron chi connectivity index (χ2n) is 40.4. The number of esters is 2. The molecule has 0 unspecified atom stereocenters. The quantitative estimate of drug-likeness (QED) is 0.0117. The first-order valence-electron chi connectivity index (χ1n) is 53.1. The molecule has 0 fully saturated rings. The highest BCUT2D eigenvalue weighted by molar-refractivity contribution is 5.87. The molecular weight excluding hydrogens is 1900 g/mol. The molecule has 7 aromatic carbocycles. The molecular formula is C123H182N4O23. The Labute approximate surface area is 898 Å². The Morgan fingerprint density at radius 2 is 0.553 bits per heavy atom. The molecule has 0 aliphatic carbocycles. The van der Waals surface area contributed by atoms with E-state index in [1.807, 2.05) is 139 Å². The van der Waals surface area contributed by atoms with Crippen LogP contribution >= 0.6 is 0 Å². The zero-order chi connectivity index (χ0) is 113. The Morgan fingerprint density at radius 1 is 0.293 bits per heavy atom. The van der Waals surface area contributed by atoms with Gasteiger partial charge < -0.3 is 78.2 Å². The lowest BCUT2D eigenvalue weighted by Gasteiger charge is -2.09. The SMILES string of the molecule is CC(C)C#N.CC(C)CC#N.CC(C)Cc1ccc(OCC(=O)O)cc1.CC(C)Cc1ccc(OCCCC(=O)O)cc1.CC(C)Cc1ccc(OCCCCC(=O)O)cc1.CC(C)Cc1ccc(OCCCCCC(=O)O)cc1.CC(C)Cc1ccc(OCCCCCCC(=O)O)cc1.COC(=O)CCCCOc1ccc(CC(C)C)cc1.COC(=O)NCC(C)C.COC(=O)c1cccc(COc2ccc(CC(C)C)cc2)n1. The lowest BCUT2D eigenvalue weighted by atomic mass is 10.0. The van der Waals surface area contributed by atoms with Crippen LogP contribution in [0.4, 0.5) is 4.79 Å². The van der Waals surface area contributed by atoms with E-state index < -0.39 is 35.8 Å². The zero-order valence-corrected chi connectivity index (χ0v) is 94.4. The number of nitrogens with one attached hydrogen (secondary N) is 1. The number of carboxylic acids is 5. The predicted octanol–water partition coefficient (Wildman–Crippen LogP) is 28.2. The summed E-state index contributed by atoms with van der Waals surface area (Å²) in [6.45, 7) is 46.4. The summed E-state index contributed by atoms with van der Waals surface area (Å²) in [5.41, 5.74) is 10.2. The van der Waals surface area contributed by atoms with Crippen LogP contribution in [0.1, 0.15) is 309 Å². The highest BCUT2D eigenvalue weighted by Gasteiger charge is 2.13. The van der Waals surface area contributed by atoms with Gasteiger partial charge in [-0.05, 0) is 312 Å². The Morgan fingerprint density at radius 3 is 0.800 bits per heavy atom. The van der Waals surface area contributed by atoms with Crippen molar-refractivity contribution in [2.24, 2.45) is 59.2 Å². The smallest absolute Gasteiger partial charge is 0.406 e. The fourth-order valence-corrected chi connectivity index (χ4v) is 13.3. The number of carbonyl (C=O) groups is 8. The standard InChI is InChI=1S/C18H21NO3.C17H26O3.2C16H24O3.C15H22O3.C14H20O3.C12H16O3.C6H13NO2.C5H9N.C4H7N/c1-13(2)11-14-7-9-16(10-8-14)22-12-15-5-4-6-17(19-15)18(20)21-3;1-14(2)13-15-8-10-16(11-9-15)20-12-6-4-3-5-7-17(18)19;1-13(2)12-14-7-9-15(10-8-14)19-11-5-4-6-16(17)18-3;1-13(2)12-14-7-9-15(10-8-14)19-11-5-3-4-6-16(17)18;1-12(2)11-13-6-8-14(9-7-13)18-10-4-3-5-15(16)17;1-11(2)10-12-5-7-13(8-6-12)17-9-3-4-14(15)16;1-9(2)7-10-3-5-11(6-4-10)15-8-12(13)14;1-5(2)4-7-6(8)9-3;1-5(2)3-4-6;1-4(2)3-5/h4-10,13H,11-12H2,1-3H3;8-11,14H,3-7,12-13H2,1-2H3,(H,18,19);7-10,13H,4-6,11-12H2,1-3H3;7-10,13H,3-6,11-12H2,1-2H3,(H,17,18);6-9,12H,3-5,10-11H2,1-2H3,(H,16,17);5-8,11H,3-4,9-10H2,1-2H3,(H,15,16);3-6,9H,7-8H2,1-2H3,(H,13,14);5H,4H2,1-3H3,(H,7,8);5H,3H2,1-2H3;4H,1-2H3. The van der Waals surface area contributed by atoms with Gasteiger partial charge in [-0.1, -0.05) is 228 Å². The van der Waals surface area contributed by atoms with Crippen LogP contribution in [0.25, 0.3) is 0 Å². The van der Waals surface area contributed by atoms with Gasteiger partial charge in [0, 0.05) is 51.0 Å². The summed E-state index contributed by atoms with van der Waals surface area (Å²) in [5.74, 6) is 7.05. The topological polar surface area (TPSA) is 403 Å². The summed E-state index contributed by atoms with van der Waals surface area (Å²) >= 11 is 0. The molecule has 27 nitrogen and oxygen atoms in total. The first-order chi connectivity index (χ1) is 71.3. The van der Waals surface area contributed by atoms with E-state index in [0.29, 0.717) is 137 Å². The van der Waals surface area contributed by atoms with Crippen LogP contribution in [-0.4, -0.2) is 146 Å². The molecule has 0 saturated heterocycles. The first-order valence-corrected chi connectivity index (χ1v) is 53.1. The minimum Gasteiger partial charge on any atom is -0.494 e. The first kappa shape index (κ1) is 139. The number of unbranched alkanes of at least 4 members (excludes halogenated alkanes) is 7. The van der Waals surface area contributed by atoms with Crippen LogP contribution < -0.4 is 38.5 Å². The number of benzene rings is 7. The Kier molecular flexibility index (Phi) is 82.1. The van der Waals surface area contributed by atoms with Gasteiger partial charge in [-0.3, -0.25) is 24.0 Å². The molecule has 0 atom stereocenters. The van der Waals surface area contributed by atoms with E-state index in [1.165, 1.54) is 60.3 Å². The molecule has 1 aromatic heterocycles. The van der Waals surface area contributed by atoms with Crippen molar-refractivity contribution in [1.29, 1.82) is 10.5 Å². The number of nitriles is 2. The van der Waals surface area contributed by atoms with Crippen LogP contribution in [-0.2, 0) is 94.5 Å². The Bertz CT molecular complexity index is 4890. The van der Waals surface area contributed by atoms with Gasteiger partial charge in [0.15, 0.2) is 6.61 Å². The van der Waals surface area contributed by atoms with E-state index in [2.05, 4.69) is 200 Å². The van der Waals surface area contributed by atoms with Gasteiger partial charge in [0.05, 0.1) is 72.2 Å². The molecule has 0 spiro atoms. The molecule has 0 aliphatic heterocycles. The number of aliphatic carboxylic acids is 5. The molecule has 0 aliphatic rings. The summed E-state index contributed by atoms with van der Waals surface area (Å²) in [5, 5.41) is 60.9. The predicted molar refractivity (Wildman–Crippen MR) is 597 cm³/mol. The van der Waals surface area contributed by atoms with Gasteiger partial charge in [0.1, 0.15) is 52.5 Å². The van der Waals surface area contributed by atoms with Crippen LogP contribution in [0.15, 0.2) is 188 Å². The van der Waals surface area contributed by atoms with Gasteiger partial charge in [-0.2, -0.15) is 10.5 Å². The van der Waals surface area contributed by atoms with Crippen molar-refractivity contribution in [3.8, 4) is 52.4 Å². The number of nitrogens with zero attached hydrogens (tertiary/aromatic N) is 3. The second-order valence-corrected chi connectivity index (χ2v) is 40.4. The molecule has 0 radical (unpaired) electrons. The maximum absolute atomic E-state index is 11.4. The molecule has 150 heavy (non-hydrogen) atoms. The van der Waals surface area contributed by atoms with Gasteiger partial charge in [-0.15, -0.1) is 0 Å². The van der Waals surface area contributed by atoms with Gasteiger partial charge in [0.25, 0.3) is 0 Å². The largest absolute Gasteiger partial charge is 0.494 e. The summed E-state index contributed by atoms with van der Waals surface area (Å²) in [6, 6.07) is 65.9. The van der Waals surface area contributed by atoms with Crippen LogP contribution in [0.2, 0.25) is 0 Å². The van der Waals surface area contributed by atoms with Crippen LogP contribution in [0.3, 0.4) is 0 Å². The van der Waals surface area contributed by atoms with E-state index in [1.54, 1.807) is 24.3 Å². The number of rotatable bonds is 56. The van der Waals surface area contributed by atoms with E-state index in [4.69, 9.17) is 69.2 Å². The van der Waals surface area contributed by atoms with Crippen molar-refractivity contribution < 1.29 is 111 Å². The highest BCUT2D eigenvalue weighted by Crippen LogP contribution is 2.24. The van der Waals surface area contributed by atoms with Crippen LogP contribution in [0.5, 0.6) is 40.2 Å². The molecule has 8 aromatic rings. The maximum atomic E-state index is 11.4. The number of carbonyl (C=O) groups excluding carboxylic acids is 3. The summed E-state index contributed by atoms with van der Waals surface area (Å²) in [6.07, 6.45) is 19.1. The van der Waals surface area contributed by atoms with Crippen molar-refractivity contribution in [1.82, 2.24) is 10.3 Å². The monoisotopic (exact) mass is 2080 g/mol. The molecule has 1 heterocycles. The van der Waals surface area contributed by atoms with E-state index >= 15 is 0 Å². The summed E-state index contributed by atoms with van der Waals surface area (Å²) in [7, 11) is 4.11. The molecule has 27 heteroatoms. The number of methoxy groups -OCH3 is 3. The number of carboxylic acid groups (broad SMARTS) is 5. The molecule has 6 N–H and O–H groups in total. The fraction of sp³-hybridized carbons (Fsp3) is 0.537. The highest BCUT2D eigenvalue weighted by atomic mass is 16.5. The third-order valence-corrected chi connectivity index (χ3v) is 20.5. The van der Waals surface area contributed by atoms with E-state index in [9.17, 15) is 38.4 Å². The minimum absolute atomic E-state index is 0.155. The third kappa shape index (κ3) is 86.8. The molecule has 1 amide bonds. The number of aromatic nitrogens is 1. The second kappa shape index (κ2) is 88.7.